The van der Waals surface area contributed by atoms with Gasteiger partial charge in [0.1, 0.15) is 12.4 Å². The van der Waals surface area contributed by atoms with Gasteiger partial charge in [-0.3, -0.25) is 14.5 Å². The Labute approximate surface area is 248 Å². The number of alkyl halides is 6. The number of hydrogen-bond acceptors (Lipinski definition) is 4. The molecule has 0 aromatic heterocycles. The summed E-state index contributed by atoms with van der Waals surface area (Å²) in [6, 6.07) is 4.60. The molecule has 4 rings (SSSR count). The second-order valence-electron chi connectivity index (χ2n) is 11.0. The quantitative estimate of drug-likeness (QED) is 0.490. The van der Waals surface area contributed by atoms with Crippen LogP contribution in [0.1, 0.15) is 35.4 Å². The Morgan fingerprint density at radius 1 is 0.864 bits per heavy atom. The van der Waals surface area contributed by atoms with Crippen molar-refractivity contribution in [1.82, 2.24) is 14.7 Å². The van der Waals surface area contributed by atoms with Crippen molar-refractivity contribution in [2.24, 2.45) is 5.92 Å². The summed E-state index contributed by atoms with van der Waals surface area (Å²) >= 11 is 0. The predicted molar refractivity (Wildman–Crippen MR) is 144 cm³/mol. The van der Waals surface area contributed by atoms with E-state index in [4.69, 9.17) is 5.11 Å². The first-order chi connectivity index (χ1) is 20.5. The third-order valence-electron chi connectivity index (χ3n) is 8.28. The normalized spacial score (nSPS) is 19.7. The first-order valence-corrected chi connectivity index (χ1v) is 13.7. The van der Waals surface area contributed by atoms with Crippen LogP contribution in [0.5, 0.6) is 0 Å². The number of nitrogens with zero attached hydrogens (tertiary/aromatic N) is 4. The fourth-order valence-electron chi connectivity index (χ4n) is 5.75. The van der Waals surface area contributed by atoms with E-state index in [0.717, 1.165) is 11.9 Å². The number of likely N-dealkylation sites (tertiary alicyclic amines) is 2. The highest BCUT2D eigenvalue weighted by Gasteiger charge is 2.43. The highest BCUT2D eigenvalue weighted by Crippen LogP contribution is 2.39. The van der Waals surface area contributed by atoms with E-state index in [-0.39, 0.29) is 38.2 Å². The summed E-state index contributed by atoms with van der Waals surface area (Å²) in [4.78, 5) is 43.7. The first-order valence-electron chi connectivity index (χ1n) is 13.7. The SMILES string of the molecule is CN(C(=O)N(C)[C@@H]1CN(C(=O)C2CCN(C(=O)CO)CC2)C[C@H]1c1ccc(F)cc1)c1cc(C(F)(F)F)cc(C(F)(F)F)c1. The predicted octanol–water partition coefficient (Wildman–Crippen LogP) is 4.58. The molecule has 2 aliphatic rings. The molecule has 2 atom stereocenters. The van der Waals surface area contributed by atoms with Crippen molar-refractivity contribution < 1.29 is 50.2 Å². The zero-order valence-corrected chi connectivity index (χ0v) is 23.8. The highest BCUT2D eigenvalue weighted by molar-refractivity contribution is 5.92. The molecule has 0 radical (unpaired) electrons. The molecule has 0 bridgehead atoms. The maximum absolute atomic E-state index is 13.7. The summed E-state index contributed by atoms with van der Waals surface area (Å²) in [6.45, 7) is 0.0266. The van der Waals surface area contributed by atoms with Crippen molar-refractivity contribution in [3.8, 4) is 0 Å². The molecule has 2 aromatic rings. The third-order valence-corrected chi connectivity index (χ3v) is 8.28. The largest absolute Gasteiger partial charge is 0.416 e. The van der Waals surface area contributed by atoms with Gasteiger partial charge in [-0.2, -0.15) is 26.3 Å². The maximum atomic E-state index is 13.7. The van der Waals surface area contributed by atoms with Crippen LogP contribution >= 0.6 is 0 Å². The number of piperidine rings is 1. The Kier molecular flexibility index (Phi) is 9.47. The lowest BCUT2D eigenvalue weighted by Crippen LogP contribution is -2.48. The van der Waals surface area contributed by atoms with Gasteiger partial charge in [-0.25, -0.2) is 9.18 Å². The van der Waals surface area contributed by atoms with E-state index in [9.17, 15) is 45.1 Å². The molecule has 0 spiro atoms. The van der Waals surface area contributed by atoms with Gasteiger partial charge in [0.15, 0.2) is 0 Å². The number of benzene rings is 2. The summed E-state index contributed by atoms with van der Waals surface area (Å²) in [7, 11) is 2.39. The summed E-state index contributed by atoms with van der Waals surface area (Å²) in [6.07, 6.45) is -9.51. The number of aliphatic hydroxyl groups excluding tert-OH is 1. The zero-order valence-electron chi connectivity index (χ0n) is 23.8. The number of likely N-dealkylation sites (N-methyl/N-ethyl adjacent to an activating group) is 1. The van der Waals surface area contributed by atoms with Gasteiger partial charge >= 0.3 is 18.4 Å². The van der Waals surface area contributed by atoms with Crippen molar-refractivity contribution in [2.45, 2.75) is 37.2 Å². The number of carbonyl (C=O) groups excluding carboxylic acids is 3. The second kappa shape index (κ2) is 12.6. The van der Waals surface area contributed by atoms with E-state index in [0.29, 0.717) is 35.4 Å². The minimum atomic E-state index is -5.10. The van der Waals surface area contributed by atoms with E-state index in [1.54, 1.807) is 0 Å². The molecule has 0 saturated carbocycles. The van der Waals surface area contributed by atoms with Crippen LogP contribution in [0.4, 0.5) is 41.2 Å². The average molecular weight is 633 g/mol. The van der Waals surface area contributed by atoms with Crippen molar-refractivity contribution in [2.75, 3.05) is 51.8 Å². The van der Waals surface area contributed by atoms with Gasteiger partial charge in [0, 0.05) is 57.8 Å². The van der Waals surface area contributed by atoms with Gasteiger partial charge in [0.05, 0.1) is 17.2 Å². The molecule has 1 N–H and O–H groups in total. The van der Waals surface area contributed by atoms with Crippen LogP contribution in [-0.4, -0.2) is 90.6 Å². The molecule has 4 amide bonds. The van der Waals surface area contributed by atoms with Crippen molar-refractivity contribution in [1.29, 1.82) is 0 Å². The van der Waals surface area contributed by atoms with Crippen molar-refractivity contribution in [3.63, 3.8) is 0 Å². The monoisotopic (exact) mass is 632 g/mol. The Bertz CT molecular complexity index is 1340. The van der Waals surface area contributed by atoms with Crippen LogP contribution in [0.25, 0.3) is 0 Å². The highest BCUT2D eigenvalue weighted by atomic mass is 19.4. The lowest BCUT2D eigenvalue weighted by Gasteiger charge is -2.34. The fourth-order valence-corrected chi connectivity index (χ4v) is 5.75. The van der Waals surface area contributed by atoms with E-state index in [1.807, 2.05) is 0 Å². The van der Waals surface area contributed by atoms with Gasteiger partial charge < -0.3 is 19.8 Å². The molecule has 2 aliphatic heterocycles. The van der Waals surface area contributed by atoms with Crippen LogP contribution in [0.15, 0.2) is 42.5 Å². The summed E-state index contributed by atoms with van der Waals surface area (Å²) in [5.41, 5.74) is -3.19. The summed E-state index contributed by atoms with van der Waals surface area (Å²) in [5.74, 6) is -2.20. The Morgan fingerprint density at radius 3 is 1.91 bits per heavy atom. The molecular formula is C29H31F7N4O4. The van der Waals surface area contributed by atoms with Crippen LogP contribution in [0, 0.1) is 11.7 Å². The number of hydrogen-bond donors (Lipinski definition) is 1. The first kappa shape index (κ1) is 33.0. The van der Waals surface area contributed by atoms with Gasteiger partial charge in [0.2, 0.25) is 11.8 Å². The molecule has 15 heteroatoms. The smallest absolute Gasteiger partial charge is 0.387 e. The maximum Gasteiger partial charge on any atom is 0.416 e. The number of aliphatic hydroxyl groups is 1. The second-order valence-corrected chi connectivity index (χ2v) is 11.0. The van der Waals surface area contributed by atoms with E-state index < -0.39 is 71.4 Å². The molecule has 44 heavy (non-hydrogen) atoms. The molecule has 240 valence electrons. The molecule has 0 unspecified atom stereocenters. The van der Waals surface area contributed by atoms with Gasteiger partial charge in [-0.15, -0.1) is 0 Å². The topological polar surface area (TPSA) is 84.4 Å². The van der Waals surface area contributed by atoms with Gasteiger partial charge in [0.25, 0.3) is 0 Å². The van der Waals surface area contributed by atoms with E-state index in [2.05, 4.69) is 0 Å². The van der Waals surface area contributed by atoms with Crippen LogP contribution < -0.4 is 4.90 Å². The molecular weight excluding hydrogens is 601 g/mol. The number of anilines is 1. The Morgan fingerprint density at radius 2 is 1.41 bits per heavy atom. The molecule has 8 nitrogen and oxygen atoms in total. The lowest BCUT2D eigenvalue weighted by atomic mass is 9.93. The average Bonchev–Trinajstić information content (AvgIpc) is 3.44. The Hall–Kier alpha value is -3.88. The van der Waals surface area contributed by atoms with Gasteiger partial charge in [-0.05, 0) is 48.7 Å². The Balaban J connectivity index is 1.59. The van der Waals surface area contributed by atoms with Crippen LogP contribution in [0.3, 0.4) is 0 Å². The number of urea groups is 1. The molecule has 2 saturated heterocycles. The van der Waals surface area contributed by atoms with E-state index in [1.165, 1.54) is 41.1 Å². The van der Waals surface area contributed by atoms with E-state index >= 15 is 0 Å². The van der Waals surface area contributed by atoms with Gasteiger partial charge in [-0.1, -0.05) is 12.1 Å². The number of rotatable bonds is 5. The summed E-state index contributed by atoms with van der Waals surface area (Å²) in [5, 5.41) is 9.10. The van der Waals surface area contributed by atoms with Crippen molar-refractivity contribution in [3.05, 3.63) is 65.0 Å². The number of carbonyl (C=O) groups is 3. The molecule has 2 fully saturated rings. The fraction of sp³-hybridized carbons (Fsp3) is 0.483. The number of halogens is 7. The molecule has 0 aliphatic carbocycles. The van der Waals surface area contributed by atoms with Crippen molar-refractivity contribution >= 4 is 23.5 Å². The van der Waals surface area contributed by atoms with Crippen LogP contribution in [-0.2, 0) is 21.9 Å². The number of amides is 4. The summed E-state index contributed by atoms with van der Waals surface area (Å²) < 4.78 is 94.4. The standard InChI is InChI=1S/C29H31F7N4O4/c1-37(22-12-19(28(31,32)33)11-20(13-22)29(34,35)36)27(44)38(2)24-15-40(14-23(24)17-3-5-21(30)6-4-17)26(43)18-7-9-39(10-8-18)25(42)16-41/h3-6,11-13,18,23-24,41H,7-10,14-16H2,1-2H3/t23-,24+/m0/s1. The van der Waals surface area contributed by atoms with Crippen LogP contribution in [0.2, 0.25) is 0 Å². The minimum Gasteiger partial charge on any atom is -0.387 e. The third kappa shape index (κ3) is 7.08. The molecule has 2 aromatic carbocycles. The zero-order chi connectivity index (χ0) is 32.6. The lowest BCUT2D eigenvalue weighted by molar-refractivity contribution is -0.143. The molecule has 2 heterocycles. The minimum absolute atomic E-state index is 0.00311.